The van der Waals surface area contributed by atoms with E-state index in [1.165, 1.54) is 11.0 Å². The fraction of sp³-hybridized carbons (Fsp3) is 0.500. The van der Waals surface area contributed by atoms with Crippen LogP contribution in [0.1, 0.15) is 13.8 Å². The predicted octanol–water partition coefficient (Wildman–Crippen LogP) is 0.285. The summed E-state index contributed by atoms with van der Waals surface area (Å²) in [5, 5.41) is 3.86. The molecular formula is C10H17N5O. The highest BCUT2D eigenvalue weighted by Gasteiger charge is 2.12. The van der Waals surface area contributed by atoms with Gasteiger partial charge in [-0.15, -0.1) is 5.10 Å². The molecule has 0 unspecified atom stereocenters. The van der Waals surface area contributed by atoms with Gasteiger partial charge in [0.2, 0.25) is 11.9 Å². The molecule has 0 aliphatic heterocycles. The monoisotopic (exact) mass is 223 g/mol. The average Bonchev–Trinajstić information content (AvgIpc) is 2.60. The standard InChI is InChI=1S/C10H17N5O/c1-4-14(5-8(2)3)9(16)6-15-7-12-10(11)13-15/h7H,2,4-6H2,1,3H3,(H2,11,13). The molecule has 1 rings (SSSR count). The molecule has 6 heteroatoms. The average molecular weight is 223 g/mol. The zero-order chi connectivity index (χ0) is 12.1. The van der Waals surface area contributed by atoms with Crippen molar-refractivity contribution in [1.29, 1.82) is 0 Å². The maximum absolute atomic E-state index is 11.8. The van der Waals surface area contributed by atoms with Crippen molar-refractivity contribution >= 4 is 11.9 Å². The van der Waals surface area contributed by atoms with Gasteiger partial charge in [0.25, 0.3) is 0 Å². The molecule has 6 nitrogen and oxygen atoms in total. The highest BCUT2D eigenvalue weighted by atomic mass is 16.2. The normalized spacial score (nSPS) is 10.1. The highest BCUT2D eigenvalue weighted by molar-refractivity contribution is 5.76. The smallest absolute Gasteiger partial charge is 0.244 e. The number of nitrogens with two attached hydrogens (primary N) is 1. The SMILES string of the molecule is C=C(C)CN(CC)C(=O)Cn1cnc(N)n1. The Kier molecular flexibility index (Phi) is 4.04. The first kappa shape index (κ1) is 12.2. The Bertz CT molecular complexity index is 384. The van der Waals surface area contributed by atoms with Gasteiger partial charge >= 0.3 is 0 Å². The lowest BCUT2D eigenvalue weighted by Gasteiger charge is -2.20. The van der Waals surface area contributed by atoms with Crippen molar-refractivity contribution in [2.75, 3.05) is 18.8 Å². The molecular weight excluding hydrogens is 206 g/mol. The Hall–Kier alpha value is -1.85. The molecule has 16 heavy (non-hydrogen) atoms. The lowest BCUT2D eigenvalue weighted by atomic mass is 10.3. The molecule has 2 N–H and O–H groups in total. The molecule has 0 spiro atoms. The number of carbonyl (C=O) groups is 1. The number of nitrogens with zero attached hydrogens (tertiary/aromatic N) is 4. The first-order valence-electron chi connectivity index (χ1n) is 5.10. The van der Waals surface area contributed by atoms with Gasteiger partial charge in [-0.2, -0.15) is 0 Å². The van der Waals surface area contributed by atoms with Crippen LogP contribution in [0.15, 0.2) is 18.5 Å². The van der Waals surface area contributed by atoms with Gasteiger partial charge in [-0.05, 0) is 13.8 Å². The minimum absolute atomic E-state index is 0.0181. The molecule has 0 atom stereocenters. The van der Waals surface area contributed by atoms with E-state index in [1.54, 1.807) is 4.90 Å². The number of amides is 1. The van der Waals surface area contributed by atoms with Gasteiger partial charge in [0.15, 0.2) is 0 Å². The van der Waals surface area contributed by atoms with E-state index in [-0.39, 0.29) is 18.4 Å². The zero-order valence-corrected chi connectivity index (χ0v) is 9.68. The van der Waals surface area contributed by atoms with Crippen molar-refractivity contribution < 1.29 is 4.79 Å². The number of likely N-dealkylation sites (N-methyl/N-ethyl adjacent to an activating group) is 1. The molecule has 0 fully saturated rings. The summed E-state index contributed by atoms with van der Waals surface area (Å²) in [4.78, 5) is 17.3. The van der Waals surface area contributed by atoms with Crippen LogP contribution in [0.25, 0.3) is 0 Å². The molecule has 88 valence electrons. The Balaban J connectivity index is 2.59. The van der Waals surface area contributed by atoms with Gasteiger partial charge in [0.05, 0.1) is 0 Å². The van der Waals surface area contributed by atoms with Crippen molar-refractivity contribution in [2.45, 2.75) is 20.4 Å². The predicted molar refractivity (Wildman–Crippen MR) is 61.5 cm³/mol. The molecule has 1 aromatic heterocycles. The molecule has 0 aliphatic rings. The van der Waals surface area contributed by atoms with E-state index in [9.17, 15) is 4.79 Å². The molecule has 0 aliphatic carbocycles. The number of rotatable bonds is 5. The van der Waals surface area contributed by atoms with Crippen LogP contribution in [0.5, 0.6) is 0 Å². The third-order valence-electron chi connectivity index (χ3n) is 2.05. The molecule has 0 aromatic carbocycles. The molecule has 1 heterocycles. The summed E-state index contributed by atoms with van der Waals surface area (Å²) in [5.74, 6) is 0.158. The second-order valence-corrected chi connectivity index (χ2v) is 3.67. The van der Waals surface area contributed by atoms with Crippen LogP contribution in [0, 0.1) is 0 Å². The summed E-state index contributed by atoms with van der Waals surface area (Å²) < 4.78 is 1.43. The lowest BCUT2D eigenvalue weighted by molar-refractivity contribution is -0.131. The molecule has 1 aromatic rings. The van der Waals surface area contributed by atoms with Crippen LogP contribution in [-0.2, 0) is 11.3 Å². The van der Waals surface area contributed by atoms with Gasteiger partial charge in [-0.25, -0.2) is 9.67 Å². The van der Waals surface area contributed by atoms with E-state index in [2.05, 4.69) is 16.7 Å². The number of aromatic nitrogens is 3. The van der Waals surface area contributed by atoms with E-state index >= 15 is 0 Å². The van der Waals surface area contributed by atoms with Crippen LogP contribution in [0.4, 0.5) is 5.95 Å². The number of hydrogen-bond donors (Lipinski definition) is 1. The van der Waals surface area contributed by atoms with E-state index in [4.69, 9.17) is 5.73 Å². The lowest BCUT2D eigenvalue weighted by Crippen LogP contribution is -2.35. The van der Waals surface area contributed by atoms with Crippen LogP contribution in [0.2, 0.25) is 0 Å². The minimum Gasteiger partial charge on any atom is -0.367 e. The minimum atomic E-state index is -0.0181. The van der Waals surface area contributed by atoms with Gasteiger partial charge in [0, 0.05) is 13.1 Å². The topological polar surface area (TPSA) is 77.0 Å². The summed E-state index contributed by atoms with van der Waals surface area (Å²) in [6.07, 6.45) is 1.45. The van der Waals surface area contributed by atoms with E-state index in [1.807, 2.05) is 13.8 Å². The Labute approximate surface area is 94.7 Å². The Morgan fingerprint density at radius 3 is 2.81 bits per heavy atom. The summed E-state index contributed by atoms with van der Waals surface area (Å²) in [6, 6.07) is 0. The van der Waals surface area contributed by atoms with E-state index < -0.39 is 0 Å². The van der Waals surface area contributed by atoms with Crippen molar-refractivity contribution in [1.82, 2.24) is 19.7 Å². The van der Waals surface area contributed by atoms with Gasteiger partial charge in [0.1, 0.15) is 12.9 Å². The number of hydrogen-bond acceptors (Lipinski definition) is 4. The van der Waals surface area contributed by atoms with E-state index in [0.29, 0.717) is 13.1 Å². The third-order valence-corrected chi connectivity index (χ3v) is 2.05. The highest BCUT2D eigenvalue weighted by Crippen LogP contribution is 1.99. The summed E-state index contributed by atoms with van der Waals surface area (Å²) >= 11 is 0. The van der Waals surface area contributed by atoms with E-state index in [0.717, 1.165) is 5.57 Å². The largest absolute Gasteiger partial charge is 0.367 e. The van der Waals surface area contributed by atoms with Gasteiger partial charge in [-0.3, -0.25) is 4.79 Å². The van der Waals surface area contributed by atoms with Crippen LogP contribution < -0.4 is 5.73 Å². The third kappa shape index (κ3) is 3.38. The quantitative estimate of drug-likeness (QED) is 0.728. The summed E-state index contributed by atoms with van der Waals surface area (Å²) in [6.45, 7) is 8.98. The zero-order valence-electron chi connectivity index (χ0n) is 9.68. The number of carbonyl (C=O) groups excluding carboxylic acids is 1. The van der Waals surface area contributed by atoms with Crippen LogP contribution >= 0.6 is 0 Å². The molecule has 0 saturated heterocycles. The Morgan fingerprint density at radius 2 is 2.38 bits per heavy atom. The first-order valence-corrected chi connectivity index (χ1v) is 5.10. The van der Waals surface area contributed by atoms with Crippen molar-refractivity contribution in [3.8, 4) is 0 Å². The van der Waals surface area contributed by atoms with Crippen molar-refractivity contribution in [3.63, 3.8) is 0 Å². The van der Waals surface area contributed by atoms with Crippen molar-refractivity contribution in [3.05, 3.63) is 18.5 Å². The molecule has 0 radical (unpaired) electrons. The molecule has 1 amide bonds. The molecule has 0 saturated carbocycles. The fourth-order valence-electron chi connectivity index (χ4n) is 1.33. The second kappa shape index (κ2) is 5.29. The maximum Gasteiger partial charge on any atom is 0.244 e. The Morgan fingerprint density at radius 1 is 1.69 bits per heavy atom. The number of anilines is 1. The fourth-order valence-corrected chi connectivity index (χ4v) is 1.33. The van der Waals surface area contributed by atoms with Gasteiger partial charge < -0.3 is 10.6 Å². The van der Waals surface area contributed by atoms with Crippen LogP contribution in [-0.4, -0.2) is 38.7 Å². The van der Waals surface area contributed by atoms with Crippen molar-refractivity contribution in [2.24, 2.45) is 0 Å². The van der Waals surface area contributed by atoms with Gasteiger partial charge in [-0.1, -0.05) is 12.2 Å². The number of nitrogen functional groups attached to an aromatic ring is 1. The maximum atomic E-state index is 11.8. The van der Waals surface area contributed by atoms with Crippen LogP contribution in [0.3, 0.4) is 0 Å². The summed E-state index contributed by atoms with van der Waals surface area (Å²) in [5.41, 5.74) is 6.31. The first-order chi connectivity index (χ1) is 7.52. The summed E-state index contributed by atoms with van der Waals surface area (Å²) in [7, 11) is 0. The molecule has 0 bridgehead atoms. The second-order valence-electron chi connectivity index (χ2n) is 3.67.